The average molecular weight is 681 g/mol. The van der Waals surface area contributed by atoms with Crippen LogP contribution in [-0.4, -0.2) is 11.1 Å². The molecule has 0 unspecified atom stereocenters. The number of hydrogen-bond acceptors (Lipinski definition) is 3. The summed E-state index contributed by atoms with van der Waals surface area (Å²) < 4.78 is 0. The topological polar surface area (TPSA) is 44.9 Å². The van der Waals surface area contributed by atoms with Gasteiger partial charge in [0.25, 0.3) is 5.70 Å². The van der Waals surface area contributed by atoms with Crippen LogP contribution in [0.4, 0.5) is 17.1 Å². The lowest BCUT2D eigenvalue weighted by Gasteiger charge is -2.29. The van der Waals surface area contributed by atoms with E-state index < -0.39 is 5.97 Å². The van der Waals surface area contributed by atoms with Gasteiger partial charge >= 0.3 is 5.97 Å². The molecule has 1 heterocycles. The van der Waals surface area contributed by atoms with E-state index in [1.54, 1.807) is 0 Å². The number of rotatable bonds is 7. The Kier molecular flexibility index (Phi) is 7.67. The molecule has 1 N–H and O–H groups in total. The summed E-state index contributed by atoms with van der Waals surface area (Å²) >= 11 is 1.45. The van der Waals surface area contributed by atoms with Gasteiger partial charge in [-0.3, -0.25) is 4.79 Å². The molecule has 0 radical (unpaired) electrons. The average Bonchev–Trinajstić information content (AvgIpc) is 3.76. The quantitative estimate of drug-likeness (QED) is 0.135. The molecule has 0 fully saturated rings. The molecule has 5 aromatic carbocycles. The molecule has 5 heteroatoms. The van der Waals surface area contributed by atoms with E-state index in [2.05, 4.69) is 153 Å². The monoisotopic (exact) mass is 680 g/mol. The number of aliphatic carboxylic acids is 1. The first-order valence-electron chi connectivity index (χ1n) is 17.1. The van der Waals surface area contributed by atoms with Crippen molar-refractivity contribution in [2.24, 2.45) is 0 Å². The van der Waals surface area contributed by atoms with Gasteiger partial charge in [0.1, 0.15) is 0 Å². The van der Waals surface area contributed by atoms with Gasteiger partial charge in [-0.2, -0.15) is 0 Å². The minimum atomic E-state index is -1.22. The smallest absolute Gasteiger partial charge is 0.333 e. The van der Waals surface area contributed by atoms with E-state index in [9.17, 15) is 9.90 Å². The largest absolute Gasteiger partial charge is 0.486 e. The maximum atomic E-state index is 11.3. The summed E-state index contributed by atoms with van der Waals surface area (Å²) in [4.78, 5) is 18.5. The Balaban J connectivity index is 1.18. The molecule has 51 heavy (non-hydrogen) atoms. The molecule has 0 amide bonds. The van der Waals surface area contributed by atoms with Crippen molar-refractivity contribution in [3.05, 3.63) is 176 Å². The van der Waals surface area contributed by atoms with Crippen LogP contribution in [0.2, 0.25) is 0 Å². The van der Waals surface area contributed by atoms with Crippen LogP contribution >= 0.6 is 11.3 Å². The molecule has 2 aliphatic carbocycles. The zero-order chi connectivity index (χ0) is 35.5. The minimum Gasteiger partial charge on any atom is -0.486 e. The standard InChI is InChI=1S/C46H36N2O2S/c1-45(2)39-12-8-6-10-35(39)37-24-19-31(26-41(37)45)48(32-20-25-38-36-11-7-9-13-40(36)46(3,4)42(38)27-32)30-17-14-29(15-18-30)16-21-33-22-23-34(51-33)28-43(47-5)44(49)50/h6-28H,1-4H3,(H,49,50). The van der Waals surface area contributed by atoms with Crippen molar-refractivity contribution in [2.45, 2.75) is 38.5 Å². The Bertz CT molecular complexity index is 2370. The summed E-state index contributed by atoms with van der Waals surface area (Å²) in [6.07, 6.45) is 5.50. The third kappa shape index (κ3) is 5.40. The zero-order valence-corrected chi connectivity index (χ0v) is 29.8. The number of fused-ring (bicyclic) bond motifs is 6. The highest BCUT2D eigenvalue weighted by molar-refractivity contribution is 7.13. The number of nitrogens with zero attached hydrogens (tertiary/aromatic N) is 2. The first kappa shape index (κ1) is 32.3. The Hall–Kier alpha value is -5.96. The van der Waals surface area contributed by atoms with Gasteiger partial charge in [-0.15, -0.1) is 11.3 Å². The molecule has 0 bridgehead atoms. The van der Waals surface area contributed by atoms with E-state index in [0.717, 1.165) is 32.4 Å². The Morgan fingerprint density at radius 2 is 1.12 bits per heavy atom. The number of anilines is 3. The van der Waals surface area contributed by atoms with Crippen molar-refractivity contribution in [3.63, 3.8) is 0 Å². The third-order valence-corrected chi connectivity index (χ3v) is 11.5. The molecule has 4 nitrogen and oxygen atoms in total. The fourth-order valence-corrected chi connectivity index (χ4v) is 8.69. The van der Waals surface area contributed by atoms with E-state index in [-0.39, 0.29) is 16.5 Å². The summed E-state index contributed by atoms with van der Waals surface area (Å²) in [6.45, 7) is 16.4. The van der Waals surface area contributed by atoms with Crippen molar-refractivity contribution >= 4 is 52.6 Å². The van der Waals surface area contributed by atoms with E-state index >= 15 is 0 Å². The van der Waals surface area contributed by atoms with Gasteiger partial charge in [-0.1, -0.05) is 107 Å². The predicted molar refractivity (Wildman–Crippen MR) is 212 cm³/mol. The summed E-state index contributed by atoms with van der Waals surface area (Å²) in [5.41, 5.74) is 14.4. The van der Waals surface area contributed by atoms with Crippen LogP contribution in [0.25, 0.3) is 45.3 Å². The van der Waals surface area contributed by atoms with E-state index in [4.69, 9.17) is 6.57 Å². The summed E-state index contributed by atoms with van der Waals surface area (Å²) in [7, 11) is 0. The maximum absolute atomic E-state index is 11.3. The van der Waals surface area contributed by atoms with Gasteiger partial charge in [0.15, 0.2) is 0 Å². The highest BCUT2D eigenvalue weighted by Gasteiger charge is 2.37. The molecule has 8 rings (SSSR count). The van der Waals surface area contributed by atoms with Crippen LogP contribution in [0.5, 0.6) is 0 Å². The highest BCUT2D eigenvalue weighted by atomic mass is 32.1. The fourth-order valence-electron chi connectivity index (χ4n) is 7.83. The Morgan fingerprint density at radius 3 is 1.65 bits per heavy atom. The second-order valence-corrected chi connectivity index (χ2v) is 15.4. The Labute approximate surface area is 303 Å². The molecule has 0 saturated heterocycles. The fraction of sp³-hybridized carbons (Fsp3) is 0.130. The van der Waals surface area contributed by atoms with Crippen LogP contribution in [0.15, 0.2) is 127 Å². The first-order valence-corrected chi connectivity index (χ1v) is 17.9. The normalized spacial score (nSPS) is 14.8. The predicted octanol–water partition coefficient (Wildman–Crippen LogP) is 12.3. The van der Waals surface area contributed by atoms with Crippen molar-refractivity contribution in [3.8, 4) is 22.3 Å². The van der Waals surface area contributed by atoms with Crippen LogP contribution in [0.1, 0.15) is 65.3 Å². The molecule has 0 saturated carbocycles. The SMILES string of the molecule is [C-]#[N+]C(=Cc1ccc(C=Cc2ccc(N(c3ccc4c(c3)C(C)(C)c3ccccc3-4)c3ccc4c(c3)C(C)(C)c3ccccc3-4)cc2)s1)C(=O)O. The number of benzene rings is 5. The number of hydrogen-bond donors (Lipinski definition) is 1. The minimum absolute atomic E-state index is 0.119. The lowest BCUT2D eigenvalue weighted by molar-refractivity contribution is -0.132. The van der Waals surface area contributed by atoms with Gasteiger partial charge in [0, 0.05) is 37.6 Å². The molecular weight excluding hydrogens is 645 g/mol. The van der Waals surface area contributed by atoms with Crippen LogP contribution in [-0.2, 0) is 15.6 Å². The van der Waals surface area contributed by atoms with Gasteiger partial charge in [-0.25, -0.2) is 4.85 Å². The number of carboxylic acids is 1. The molecule has 248 valence electrons. The molecule has 0 spiro atoms. The number of carbonyl (C=O) groups is 1. The molecule has 6 aromatic rings. The third-order valence-electron chi connectivity index (χ3n) is 10.5. The van der Waals surface area contributed by atoms with Gasteiger partial charge in [-0.05, 0) is 111 Å². The van der Waals surface area contributed by atoms with Gasteiger partial charge in [0.05, 0.1) is 6.57 Å². The summed E-state index contributed by atoms with van der Waals surface area (Å²) in [5.74, 6) is -1.22. The highest BCUT2D eigenvalue weighted by Crippen LogP contribution is 2.53. The van der Waals surface area contributed by atoms with Gasteiger partial charge < -0.3 is 10.0 Å². The van der Waals surface area contributed by atoms with Crippen molar-refractivity contribution in [1.82, 2.24) is 0 Å². The lowest BCUT2D eigenvalue weighted by Crippen LogP contribution is -2.18. The van der Waals surface area contributed by atoms with E-state index in [0.29, 0.717) is 0 Å². The lowest BCUT2D eigenvalue weighted by atomic mass is 9.82. The van der Waals surface area contributed by atoms with Crippen LogP contribution in [0, 0.1) is 6.57 Å². The second-order valence-electron chi connectivity index (χ2n) is 14.2. The number of thiophene rings is 1. The van der Waals surface area contributed by atoms with E-state index in [1.165, 1.54) is 61.9 Å². The number of carboxylic acid groups (broad SMARTS) is 1. The zero-order valence-electron chi connectivity index (χ0n) is 28.9. The van der Waals surface area contributed by atoms with Crippen LogP contribution in [0.3, 0.4) is 0 Å². The maximum Gasteiger partial charge on any atom is 0.333 e. The first-order chi connectivity index (χ1) is 24.6. The van der Waals surface area contributed by atoms with Crippen LogP contribution < -0.4 is 4.90 Å². The Morgan fingerprint density at radius 1 is 0.627 bits per heavy atom. The second kappa shape index (κ2) is 12.1. The molecule has 1 aromatic heterocycles. The van der Waals surface area contributed by atoms with Crippen molar-refractivity contribution in [2.75, 3.05) is 4.90 Å². The molecule has 0 atom stereocenters. The molecule has 0 aliphatic heterocycles. The summed E-state index contributed by atoms with van der Waals surface area (Å²) in [6, 6.07) is 43.8. The molecule has 2 aliphatic rings. The molecular formula is C46H36N2O2S. The summed E-state index contributed by atoms with van der Waals surface area (Å²) in [5, 5.41) is 9.21. The van der Waals surface area contributed by atoms with Crippen molar-refractivity contribution in [1.29, 1.82) is 0 Å². The van der Waals surface area contributed by atoms with Gasteiger partial charge in [0.2, 0.25) is 0 Å². The van der Waals surface area contributed by atoms with E-state index in [1.807, 2.05) is 18.2 Å². The van der Waals surface area contributed by atoms with Crippen molar-refractivity contribution < 1.29 is 9.90 Å².